The zero-order chi connectivity index (χ0) is 16.4. The molecule has 0 saturated carbocycles. The third kappa shape index (κ3) is 3.58. The monoisotopic (exact) mass is 319 g/mol. The Labute approximate surface area is 133 Å². The largest absolute Gasteiger partial charge is 0.391 e. The molecule has 0 aromatic heterocycles. The molecular weight excluding hydrogens is 300 g/mol. The molecule has 2 aromatic carbocycles. The number of hydrogen-bond donors (Lipinski definition) is 2. The maximum absolute atomic E-state index is 13.2. The fourth-order valence-corrected chi connectivity index (χ4v) is 3.02. The molecule has 3 nitrogen and oxygen atoms in total. The molecule has 1 aliphatic rings. The molecule has 5 heteroatoms. The van der Waals surface area contributed by atoms with Crippen LogP contribution >= 0.6 is 0 Å². The van der Waals surface area contributed by atoms with Gasteiger partial charge in [0.1, 0.15) is 11.6 Å². The number of rotatable bonds is 3. The minimum absolute atomic E-state index is 0.224. The second-order valence-corrected chi connectivity index (χ2v) is 5.92. The van der Waals surface area contributed by atoms with E-state index in [4.69, 9.17) is 10.5 Å². The van der Waals surface area contributed by atoms with E-state index in [-0.39, 0.29) is 30.3 Å². The first-order valence-corrected chi connectivity index (χ1v) is 7.61. The van der Waals surface area contributed by atoms with Gasteiger partial charge in [0.05, 0.1) is 24.9 Å². The average molecular weight is 319 g/mol. The second kappa shape index (κ2) is 6.74. The van der Waals surface area contributed by atoms with E-state index in [0.717, 1.165) is 11.1 Å². The second-order valence-electron chi connectivity index (χ2n) is 5.92. The Morgan fingerprint density at radius 2 is 1.43 bits per heavy atom. The third-order valence-electron chi connectivity index (χ3n) is 4.30. The molecule has 0 spiro atoms. The summed E-state index contributed by atoms with van der Waals surface area (Å²) in [6.07, 6.45) is -0.585. The molecule has 0 radical (unpaired) electrons. The molecule has 1 heterocycles. The first kappa shape index (κ1) is 16.1. The predicted octanol–water partition coefficient (Wildman–Crippen LogP) is 2.57. The highest BCUT2D eigenvalue weighted by Gasteiger charge is 2.34. The Morgan fingerprint density at radius 1 is 0.957 bits per heavy atom. The number of aliphatic hydroxyl groups excluding tert-OH is 1. The highest BCUT2D eigenvalue weighted by molar-refractivity contribution is 5.34. The van der Waals surface area contributed by atoms with Gasteiger partial charge >= 0.3 is 0 Å². The lowest BCUT2D eigenvalue weighted by Crippen LogP contribution is -2.48. The fraction of sp³-hybridized carbons (Fsp3) is 0.333. The number of halogens is 2. The van der Waals surface area contributed by atoms with E-state index < -0.39 is 12.1 Å². The Morgan fingerprint density at radius 3 is 1.87 bits per heavy atom. The molecule has 1 saturated heterocycles. The standard InChI is InChI=1S/C18H19F2NO2/c19-13-5-1-11(2-6-13)18(12-3-7-14(20)8-4-12)17-9-16(22)15(21)10-23-17/h1-8,15-18,22H,9-10,21H2/t15-,16+,17+/m1/s1. The summed E-state index contributed by atoms with van der Waals surface area (Å²) < 4.78 is 32.3. The highest BCUT2D eigenvalue weighted by Crippen LogP contribution is 2.34. The number of nitrogens with two attached hydrogens (primary N) is 1. The first-order chi connectivity index (χ1) is 11.0. The van der Waals surface area contributed by atoms with Crippen molar-refractivity contribution in [1.82, 2.24) is 0 Å². The smallest absolute Gasteiger partial charge is 0.123 e. The van der Waals surface area contributed by atoms with Gasteiger partial charge in [-0.2, -0.15) is 0 Å². The van der Waals surface area contributed by atoms with Crippen LogP contribution in [0.15, 0.2) is 48.5 Å². The minimum Gasteiger partial charge on any atom is -0.391 e. The van der Waals surface area contributed by atoms with E-state index in [1.807, 2.05) is 0 Å². The summed E-state index contributed by atoms with van der Waals surface area (Å²) in [4.78, 5) is 0. The number of aliphatic hydroxyl groups is 1. The van der Waals surface area contributed by atoms with E-state index in [1.165, 1.54) is 24.3 Å². The van der Waals surface area contributed by atoms with Crippen molar-refractivity contribution in [2.45, 2.75) is 30.6 Å². The van der Waals surface area contributed by atoms with Crippen molar-refractivity contribution in [2.75, 3.05) is 6.61 Å². The molecule has 3 N–H and O–H groups in total. The van der Waals surface area contributed by atoms with Crippen molar-refractivity contribution in [2.24, 2.45) is 5.73 Å². The van der Waals surface area contributed by atoms with E-state index >= 15 is 0 Å². The lowest BCUT2D eigenvalue weighted by molar-refractivity contribution is -0.0625. The first-order valence-electron chi connectivity index (χ1n) is 7.61. The van der Waals surface area contributed by atoms with Crippen LogP contribution in [0.4, 0.5) is 8.78 Å². The molecule has 0 aliphatic carbocycles. The molecule has 3 atom stereocenters. The topological polar surface area (TPSA) is 55.5 Å². The van der Waals surface area contributed by atoms with Crippen LogP contribution in [0.3, 0.4) is 0 Å². The molecular formula is C18H19F2NO2. The Balaban J connectivity index is 1.96. The Bertz CT molecular complexity index is 600. The van der Waals surface area contributed by atoms with Crippen LogP contribution < -0.4 is 5.73 Å². The average Bonchev–Trinajstić information content (AvgIpc) is 2.55. The Kier molecular flexibility index (Phi) is 4.71. The van der Waals surface area contributed by atoms with E-state index in [0.29, 0.717) is 6.42 Å². The van der Waals surface area contributed by atoms with Crippen LogP contribution in [0.2, 0.25) is 0 Å². The van der Waals surface area contributed by atoms with Crippen molar-refractivity contribution < 1.29 is 18.6 Å². The number of benzene rings is 2. The van der Waals surface area contributed by atoms with Gasteiger partial charge in [0.25, 0.3) is 0 Å². The van der Waals surface area contributed by atoms with Gasteiger partial charge in [-0.15, -0.1) is 0 Å². The number of hydrogen-bond acceptors (Lipinski definition) is 3. The Hall–Kier alpha value is -1.82. The third-order valence-corrected chi connectivity index (χ3v) is 4.30. The molecule has 3 rings (SSSR count). The summed E-state index contributed by atoms with van der Waals surface area (Å²) in [7, 11) is 0. The molecule has 23 heavy (non-hydrogen) atoms. The van der Waals surface area contributed by atoms with E-state index in [9.17, 15) is 13.9 Å². The quantitative estimate of drug-likeness (QED) is 0.914. The van der Waals surface area contributed by atoms with Gasteiger partial charge in [0.15, 0.2) is 0 Å². The SMILES string of the molecule is N[C@@H]1CO[C@H](C(c2ccc(F)cc2)c2ccc(F)cc2)C[C@@H]1O. The van der Waals surface area contributed by atoms with Crippen molar-refractivity contribution in [3.8, 4) is 0 Å². The van der Waals surface area contributed by atoms with E-state index in [1.54, 1.807) is 24.3 Å². The van der Waals surface area contributed by atoms with Crippen molar-refractivity contribution in [3.05, 3.63) is 71.3 Å². The van der Waals surface area contributed by atoms with Crippen LogP contribution in [-0.2, 0) is 4.74 Å². The number of ether oxygens (including phenoxy) is 1. The highest BCUT2D eigenvalue weighted by atomic mass is 19.1. The molecule has 0 amide bonds. The lowest BCUT2D eigenvalue weighted by atomic mass is 9.82. The van der Waals surface area contributed by atoms with Gasteiger partial charge < -0.3 is 15.6 Å². The molecule has 0 bridgehead atoms. The summed E-state index contributed by atoms with van der Waals surface area (Å²) >= 11 is 0. The summed E-state index contributed by atoms with van der Waals surface area (Å²) in [5, 5.41) is 10.1. The summed E-state index contributed by atoms with van der Waals surface area (Å²) in [6, 6.07) is 11.9. The molecule has 0 unspecified atom stereocenters. The summed E-state index contributed by atoms with van der Waals surface area (Å²) in [5.74, 6) is -0.866. The molecule has 2 aromatic rings. The predicted molar refractivity (Wildman–Crippen MR) is 83.0 cm³/mol. The van der Waals surface area contributed by atoms with Crippen molar-refractivity contribution in [3.63, 3.8) is 0 Å². The van der Waals surface area contributed by atoms with Gasteiger partial charge in [0, 0.05) is 12.3 Å². The lowest BCUT2D eigenvalue weighted by Gasteiger charge is -2.36. The van der Waals surface area contributed by atoms with Crippen molar-refractivity contribution >= 4 is 0 Å². The van der Waals surface area contributed by atoms with Crippen LogP contribution in [0.25, 0.3) is 0 Å². The maximum Gasteiger partial charge on any atom is 0.123 e. The van der Waals surface area contributed by atoms with Gasteiger partial charge in [-0.05, 0) is 35.4 Å². The van der Waals surface area contributed by atoms with Crippen LogP contribution in [0, 0.1) is 11.6 Å². The molecule has 122 valence electrons. The normalized spacial score (nSPS) is 24.8. The van der Waals surface area contributed by atoms with Crippen LogP contribution in [0.1, 0.15) is 23.5 Å². The van der Waals surface area contributed by atoms with Gasteiger partial charge in [-0.25, -0.2) is 8.78 Å². The maximum atomic E-state index is 13.2. The fourth-order valence-electron chi connectivity index (χ4n) is 3.02. The van der Waals surface area contributed by atoms with E-state index in [2.05, 4.69) is 0 Å². The minimum atomic E-state index is -0.655. The van der Waals surface area contributed by atoms with Gasteiger partial charge in [-0.1, -0.05) is 24.3 Å². The molecule has 1 aliphatic heterocycles. The van der Waals surface area contributed by atoms with Crippen LogP contribution in [0.5, 0.6) is 0 Å². The van der Waals surface area contributed by atoms with Gasteiger partial charge in [0.2, 0.25) is 0 Å². The zero-order valence-electron chi connectivity index (χ0n) is 12.5. The van der Waals surface area contributed by atoms with Crippen LogP contribution in [-0.4, -0.2) is 30.0 Å². The van der Waals surface area contributed by atoms with Gasteiger partial charge in [-0.3, -0.25) is 0 Å². The summed E-state index contributed by atoms with van der Waals surface area (Å²) in [6.45, 7) is 0.255. The zero-order valence-corrected chi connectivity index (χ0v) is 12.5. The summed E-state index contributed by atoms with van der Waals surface area (Å²) in [5.41, 5.74) is 7.49. The van der Waals surface area contributed by atoms with Crippen molar-refractivity contribution in [1.29, 1.82) is 0 Å². The molecule has 1 fully saturated rings.